The standard InChI is InChI=1S/C19H21BrN2O3S/c1-12-3-10-18(17(20)11-12)26(24,25)22-13(2)14-6-8-16(9-7-14)21-19(23)15-4-5-15/h3,6-11,13,15,22H,4-5H2,1-2H3,(H,21,23). The molecule has 1 aliphatic rings. The number of carbonyl (C=O) groups is 1. The van der Waals surface area contributed by atoms with Crippen molar-refractivity contribution in [2.75, 3.05) is 5.32 Å². The van der Waals surface area contributed by atoms with E-state index in [1.165, 1.54) is 0 Å². The summed E-state index contributed by atoms with van der Waals surface area (Å²) in [4.78, 5) is 12.0. The number of halogens is 1. The summed E-state index contributed by atoms with van der Waals surface area (Å²) < 4.78 is 28.5. The van der Waals surface area contributed by atoms with Gasteiger partial charge in [0, 0.05) is 22.1 Å². The zero-order valence-electron chi connectivity index (χ0n) is 14.6. The van der Waals surface area contributed by atoms with E-state index in [2.05, 4.69) is 26.0 Å². The number of benzene rings is 2. The van der Waals surface area contributed by atoms with Gasteiger partial charge in [0.25, 0.3) is 0 Å². The summed E-state index contributed by atoms with van der Waals surface area (Å²) in [5.74, 6) is 0.198. The number of amides is 1. The lowest BCUT2D eigenvalue weighted by molar-refractivity contribution is -0.117. The van der Waals surface area contributed by atoms with E-state index < -0.39 is 16.1 Å². The molecule has 1 saturated carbocycles. The number of carbonyl (C=O) groups excluding carboxylic acids is 1. The number of nitrogens with one attached hydrogen (secondary N) is 2. The smallest absolute Gasteiger partial charge is 0.242 e. The third-order valence-corrected chi connectivity index (χ3v) is 6.85. The average Bonchev–Trinajstić information content (AvgIpc) is 3.39. The number of aryl methyl sites for hydroxylation is 1. The summed E-state index contributed by atoms with van der Waals surface area (Å²) in [7, 11) is -3.65. The summed E-state index contributed by atoms with van der Waals surface area (Å²) in [6, 6.07) is 12.0. The van der Waals surface area contributed by atoms with E-state index in [4.69, 9.17) is 0 Å². The average molecular weight is 437 g/mol. The molecule has 3 rings (SSSR count). The first-order chi connectivity index (χ1) is 12.3. The molecule has 7 heteroatoms. The highest BCUT2D eigenvalue weighted by Gasteiger charge is 2.29. The van der Waals surface area contributed by atoms with Gasteiger partial charge in [0.2, 0.25) is 15.9 Å². The minimum Gasteiger partial charge on any atom is -0.326 e. The summed E-state index contributed by atoms with van der Waals surface area (Å²) in [5.41, 5.74) is 2.52. The molecule has 1 unspecified atom stereocenters. The second kappa shape index (κ2) is 7.50. The van der Waals surface area contributed by atoms with Crippen LogP contribution < -0.4 is 10.0 Å². The lowest BCUT2D eigenvalue weighted by Gasteiger charge is -2.16. The number of hydrogen-bond donors (Lipinski definition) is 2. The fourth-order valence-electron chi connectivity index (χ4n) is 2.63. The van der Waals surface area contributed by atoms with Crippen molar-refractivity contribution in [2.45, 2.75) is 37.6 Å². The maximum Gasteiger partial charge on any atom is 0.242 e. The van der Waals surface area contributed by atoms with Crippen LogP contribution >= 0.6 is 15.9 Å². The molecule has 5 nitrogen and oxygen atoms in total. The molecule has 0 saturated heterocycles. The van der Waals surface area contributed by atoms with Gasteiger partial charge in [-0.1, -0.05) is 18.2 Å². The molecule has 1 atom stereocenters. The Morgan fingerprint density at radius 1 is 1.15 bits per heavy atom. The van der Waals surface area contributed by atoms with Crippen molar-refractivity contribution in [1.29, 1.82) is 0 Å². The summed E-state index contributed by atoms with van der Waals surface area (Å²) in [5, 5.41) is 2.87. The Morgan fingerprint density at radius 3 is 2.38 bits per heavy atom. The van der Waals surface area contributed by atoms with E-state index in [0.29, 0.717) is 4.47 Å². The van der Waals surface area contributed by atoms with Crippen molar-refractivity contribution in [2.24, 2.45) is 5.92 Å². The third kappa shape index (κ3) is 4.52. The highest BCUT2D eigenvalue weighted by atomic mass is 79.9. The van der Waals surface area contributed by atoms with Crippen LogP contribution in [0.15, 0.2) is 51.8 Å². The van der Waals surface area contributed by atoms with Crippen LogP contribution in [0.2, 0.25) is 0 Å². The molecule has 1 aliphatic carbocycles. The molecule has 1 amide bonds. The Bertz CT molecular complexity index is 922. The molecule has 0 bridgehead atoms. The van der Waals surface area contributed by atoms with Crippen LogP contribution in [0.5, 0.6) is 0 Å². The topological polar surface area (TPSA) is 75.3 Å². The first-order valence-electron chi connectivity index (χ1n) is 8.45. The van der Waals surface area contributed by atoms with E-state index in [9.17, 15) is 13.2 Å². The van der Waals surface area contributed by atoms with Gasteiger partial charge < -0.3 is 5.32 Å². The summed E-state index contributed by atoms with van der Waals surface area (Å²) in [6.45, 7) is 3.69. The van der Waals surface area contributed by atoms with E-state index in [-0.39, 0.29) is 16.7 Å². The number of sulfonamides is 1. The molecular formula is C19H21BrN2O3S. The van der Waals surface area contributed by atoms with E-state index >= 15 is 0 Å². The van der Waals surface area contributed by atoms with Crippen molar-refractivity contribution in [1.82, 2.24) is 4.72 Å². The number of hydrogen-bond acceptors (Lipinski definition) is 3. The van der Waals surface area contributed by atoms with Crippen LogP contribution in [0.3, 0.4) is 0 Å². The highest BCUT2D eigenvalue weighted by Crippen LogP contribution is 2.30. The van der Waals surface area contributed by atoms with Crippen LogP contribution in [-0.4, -0.2) is 14.3 Å². The van der Waals surface area contributed by atoms with E-state index in [0.717, 1.165) is 29.7 Å². The Morgan fingerprint density at radius 2 is 1.81 bits per heavy atom. The van der Waals surface area contributed by atoms with Gasteiger partial charge in [0.1, 0.15) is 0 Å². The molecule has 0 aliphatic heterocycles. The Hall–Kier alpha value is -1.70. The third-order valence-electron chi connectivity index (χ3n) is 4.34. The summed E-state index contributed by atoms with van der Waals surface area (Å²) in [6.07, 6.45) is 1.91. The largest absolute Gasteiger partial charge is 0.326 e. The molecule has 0 aromatic heterocycles. The molecule has 2 aromatic carbocycles. The number of rotatable bonds is 6. The van der Waals surface area contributed by atoms with Gasteiger partial charge in [-0.25, -0.2) is 13.1 Å². The first-order valence-corrected chi connectivity index (χ1v) is 10.7. The maximum absolute atomic E-state index is 12.6. The molecule has 1 fully saturated rings. The fraction of sp³-hybridized carbons (Fsp3) is 0.316. The minimum atomic E-state index is -3.65. The molecule has 2 N–H and O–H groups in total. The SMILES string of the molecule is Cc1ccc(S(=O)(=O)NC(C)c2ccc(NC(=O)C3CC3)cc2)c(Br)c1. The van der Waals surface area contributed by atoms with Gasteiger partial charge in [0.15, 0.2) is 0 Å². The molecule has 2 aromatic rings. The Kier molecular flexibility index (Phi) is 5.50. The fourth-order valence-corrected chi connectivity index (χ4v) is 5.06. The minimum absolute atomic E-state index is 0.0516. The molecule has 138 valence electrons. The van der Waals surface area contributed by atoms with E-state index in [1.54, 1.807) is 37.3 Å². The zero-order chi connectivity index (χ0) is 18.9. The normalized spacial score (nSPS) is 15.5. The molecule has 0 radical (unpaired) electrons. The first kappa shape index (κ1) is 19.1. The van der Waals surface area contributed by atoms with Gasteiger partial charge in [0.05, 0.1) is 4.90 Å². The van der Waals surface area contributed by atoms with Crippen molar-refractivity contribution < 1.29 is 13.2 Å². The molecule has 0 spiro atoms. The number of anilines is 1. The van der Waals surface area contributed by atoms with E-state index in [1.807, 2.05) is 19.1 Å². The van der Waals surface area contributed by atoms with Crippen molar-refractivity contribution in [3.05, 3.63) is 58.1 Å². The maximum atomic E-state index is 12.6. The van der Waals surface area contributed by atoms with Crippen LogP contribution in [-0.2, 0) is 14.8 Å². The van der Waals surface area contributed by atoms with Crippen molar-refractivity contribution in [3.8, 4) is 0 Å². The summed E-state index contributed by atoms with van der Waals surface area (Å²) >= 11 is 3.32. The van der Waals surface area contributed by atoms with Gasteiger partial charge in [-0.15, -0.1) is 0 Å². The molecular weight excluding hydrogens is 416 g/mol. The Labute approximate surface area is 162 Å². The molecule has 0 heterocycles. The van der Waals surface area contributed by atoms with Crippen molar-refractivity contribution >= 4 is 37.5 Å². The molecule has 26 heavy (non-hydrogen) atoms. The van der Waals surface area contributed by atoms with Crippen LogP contribution in [0.4, 0.5) is 5.69 Å². The highest BCUT2D eigenvalue weighted by molar-refractivity contribution is 9.10. The quantitative estimate of drug-likeness (QED) is 0.713. The van der Waals surface area contributed by atoms with Gasteiger partial charge in [-0.2, -0.15) is 0 Å². The predicted molar refractivity (Wildman–Crippen MR) is 105 cm³/mol. The van der Waals surface area contributed by atoms with Crippen LogP contribution in [0.25, 0.3) is 0 Å². The van der Waals surface area contributed by atoms with Crippen molar-refractivity contribution in [3.63, 3.8) is 0 Å². The second-order valence-electron chi connectivity index (χ2n) is 6.66. The van der Waals surface area contributed by atoms with Crippen LogP contribution in [0, 0.1) is 12.8 Å². The zero-order valence-corrected chi connectivity index (χ0v) is 17.0. The monoisotopic (exact) mass is 436 g/mol. The predicted octanol–water partition coefficient (Wildman–Crippen LogP) is 4.15. The van der Waals surface area contributed by atoms with Gasteiger partial charge in [-0.05, 0) is 78.0 Å². The van der Waals surface area contributed by atoms with Gasteiger partial charge >= 0.3 is 0 Å². The van der Waals surface area contributed by atoms with Crippen LogP contribution in [0.1, 0.15) is 36.9 Å². The lowest BCUT2D eigenvalue weighted by Crippen LogP contribution is -2.27. The second-order valence-corrected chi connectivity index (χ2v) is 9.20. The Balaban J connectivity index is 1.70. The van der Waals surface area contributed by atoms with Gasteiger partial charge in [-0.3, -0.25) is 4.79 Å². The lowest BCUT2D eigenvalue weighted by atomic mass is 10.1.